The van der Waals surface area contributed by atoms with Crippen molar-refractivity contribution in [2.24, 2.45) is 0 Å². The average Bonchev–Trinajstić information content (AvgIpc) is 3.56. The highest BCUT2D eigenvalue weighted by Crippen LogP contribution is 2.34. The van der Waals surface area contributed by atoms with Gasteiger partial charge in [-0.15, -0.1) is 5.10 Å². The number of aromatic nitrogens is 5. The second-order valence-corrected chi connectivity index (χ2v) is 10.2. The third-order valence-electron chi connectivity index (χ3n) is 7.64. The molecule has 190 valence electrons. The molecule has 0 amide bonds. The summed E-state index contributed by atoms with van der Waals surface area (Å²) in [6, 6.07) is 10.5. The molecule has 8 heteroatoms. The van der Waals surface area contributed by atoms with E-state index in [9.17, 15) is 4.79 Å². The van der Waals surface area contributed by atoms with Crippen molar-refractivity contribution >= 4 is 10.9 Å². The number of pyridine rings is 1. The maximum Gasteiger partial charge on any atom is 0.252 e. The van der Waals surface area contributed by atoms with Crippen LogP contribution in [0.4, 0.5) is 0 Å². The molecule has 5 rings (SSSR count). The Hall–Kier alpha value is -3.26. The van der Waals surface area contributed by atoms with Gasteiger partial charge < -0.3 is 9.40 Å². The van der Waals surface area contributed by atoms with E-state index in [2.05, 4.69) is 64.4 Å². The molecule has 0 spiro atoms. The fourth-order valence-electron chi connectivity index (χ4n) is 5.57. The van der Waals surface area contributed by atoms with Gasteiger partial charge in [-0.3, -0.25) is 9.69 Å². The first kappa shape index (κ1) is 24.4. The Morgan fingerprint density at radius 3 is 2.72 bits per heavy atom. The first-order chi connectivity index (χ1) is 17.5. The highest BCUT2D eigenvalue weighted by atomic mass is 16.3. The summed E-state index contributed by atoms with van der Waals surface area (Å²) in [5, 5.41) is 13.9. The quantitative estimate of drug-likeness (QED) is 0.337. The molecule has 0 unspecified atom stereocenters. The van der Waals surface area contributed by atoms with Gasteiger partial charge in [0.25, 0.3) is 5.56 Å². The third kappa shape index (κ3) is 5.14. The van der Waals surface area contributed by atoms with Gasteiger partial charge in [-0.2, -0.15) is 0 Å². The first-order valence-corrected chi connectivity index (χ1v) is 13.2. The lowest BCUT2D eigenvalue weighted by Crippen LogP contribution is -2.41. The minimum Gasteiger partial charge on any atom is -0.467 e. The fourth-order valence-corrected chi connectivity index (χ4v) is 5.57. The lowest BCUT2D eigenvalue weighted by atomic mass is 9.91. The van der Waals surface area contributed by atoms with Gasteiger partial charge in [0.1, 0.15) is 12.3 Å². The number of hydrogen-bond acceptors (Lipinski definition) is 6. The number of benzene rings is 1. The molecular formula is C28H36N6O2. The molecule has 3 aromatic heterocycles. The summed E-state index contributed by atoms with van der Waals surface area (Å²) in [6.07, 6.45) is 9.54. The molecule has 1 aliphatic carbocycles. The molecule has 1 fully saturated rings. The number of hydrogen-bond donors (Lipinski definition) is 1. The predicted molar refractivity (Wildman–Crippen MR) is 140 cm³/mol. The Bertz CT molecular complexity index is 1350. The van der Waals surface area contributed by atoms with E-state index >= 15 is 0 Å². The molecule has 1 N–H and O–H groups in total. The van der Waals surface area contributed by atoms with Crippen molar-refractivity contribution in [3.8, 4) is 0 Å². The van der Waals surface area contributed by atoms with Crippen LogP contribution in [0.25, 0.3) is 10.9 Å². The normalized spacial score (nSPS) is 15.7. The van der Waals surface area contributed by atoms with Crippen molar-refractivity contribution in [1.82, 2.24) is 30.1 Å². The van der Waals surface area contributed by atoms with Crippen LogP contribution in [0.2, 0.25) is 0 Å². The highest BCUT2D eigenvalue weighted by Gasteiger charge is 2.32. The molecule has 4 aromatic rings. The summed E-state index contributed by atoms with van der Waals surface area (Å²) in [4.78, 5) is 18.9. The lowest BCUT2D eigenvalue weighted by molar-refractivity contribution is 0.0811. The van der Waals surface area contributed by atoms with E-state index in [1.165, 1.54) is 30.4 Å². The van der Waals surface area contributed by atoms with Crippen LogP contribution in [-0.4, -0.2) is 36.1 Å². The molecule has 0 radical (unpaired) electrons. The van der Waals surface area contributed by atoms with Crippen molar-refractivity contribution < 1.29 is 4.42 Å². The number of fused-ring (bicyclic) bond motifs is 1. The van der Waals surface area contributed by atoms with Crippen LogP contribution >= 0.6 is 0 Å². The summed E-state index contributed by atoms with van der Waals surface area (Å²) < 4.78 is 7.43. The van der Waals surface area contributed by atoms with Crippen LogP contribution in [0, 0.1) is 13.8 Å². The number of nitrogens with one attached hydrogen (secondary N) is 1. The number of aromatic amines is 1. The monoisotopic (exact) mass is 488 g/mol. The van der Waals surface area contributed by atoms with Crippen molar-refractivity contribution in [2.45, 2.75) is 90.9 Å². The van der Waals surface area contributed by atoms with Crippen molar-refractivity contribution in [3.05, 3.63) is 75.2 Å². The van der Waals surface area contributed by atoms with Crippen LogP contribution in [0.3, 0.4) is 0 Å². The third-order valence-corrected chi connectivity index (χ3v) is 7.64. The summed E-state index contributed by atoms with van der Waals surface area (Å²) in [7, 11) is 0. The molecule has 0 aliphatic heterocycles. The van der Waals surface area contributed by atoms with Crippen LogP contribution in [0.5, 0.6) is 0 Å². The maximum absolute atomic E-state index is 13.3. The van der Waals surface area contributed by atoms with Gasteiger partial charge in [-0.1, -0.05) is 32.6 Å². The van der Waals surface area contributed by atoms with E-state index in [-0.39, 0.29) is 11.6 Å². The van der Waals surface area contributed by atoms with Crippen molar-refractivity contribution in [3.63, 3.8) is 0 Å². The van der Waals surface area contributed by atoms with Gasteiger partial charge in [-0.05, 0) is 90.4 Å². The molecule has 3 heterocycles. The Kier molecular flexibility index (Phi) is 7.32. The maximum atomic E-state index is 13.3. The minimum absolute atomic E-state index is 0.0120. The Labute approximate surface area is 211 Å². The van der Waals surface area contributed by atoms with Gasteiger partial charge in [0.15, 0.2) is 5.82 Å². The van der Waals surface area contributed by atoms with Gasteiger partial charge in [0.05, 0.1) is 12.3 Å². The topological polar surface area (TPSA) is 92.8 Å². The molecular weight excluding hydrogens is 452 g/mol. The van der Waals surface area contributed by atoms with E-state index in [1.54, 1.807) is 6.26 Å². The number of tetrazole rings is 1. The first-order valence-electron chi connectivity index (χ1n) is 13.2. The smallest absolute Gasteiger partial charge is 0.252 e. The molecule has 36 heavy (non-hydrogen) atoms. The highest BCUT2D eigenvalue weighted by molar-refractivity contribution is 5.80. The number of furan rings is 1. The molecule has 1 aromatic carbocycles. The summed E-state index contributed by atoms with van der Waals surface area (Å²) in [6.45, 7) is 7.45. The van der Waals surface area contributed by atoms with Crippen LogP contribution < -0.4 is 5.56 Å². The molecule has 8 nitrogen and oxygen atoms in total. The minimum atomic E-state index is -0.0167. The molecule has 1 saturated carbocycles. The largest absolute Gasteiger partial charge is 0.467 e. The summed E-state index contributed by atoms with van der Waals surface area (Å²) in [5.41, 5.74) is 4.08. The van der Waals surface area contributed by atoms with E-state index in [0.29, 0.717) is 19.1 Å². The number of nitrogens with zero attached hydrogens (tertiary/aromatic N) is 5. The Morgan fingerprint density at radius 2 is 1.97 bits per heavy atom. The number of H-pyrrole nitrogens is 1. The summed E-state index contributed by atoms with van der Waals surface area (Å²) in [5.74, 6) is 1.65. The van der Waals surface area contributed by atoms with E-state index in [1.807, 2.05) is 16.8 Å². The summed E-state index contributed by atoms with van der Waals surface area (Å²) >= 11 is 0. The zero-order valence-electron chi connectivity index (χ0n) is 21.5. The van der Waals surface area contributed by atoms with Crippen LogP contribution in [0.15, 0.2) is 45.8 Å². The van der Waals surface area contributed by atoms with Gasteiger partial charge in [0.2, 0.25) is 0 Å². The Balaban J connectivity index is 1.53. The zero-order valence-corrected chi connectivity index (χ0v) is 21.5. The lowest BCUT2D eigenvalue weighted by Gasteiger charge is -2.39. The van der Waals surface area contributed by atoms with Crippen molar-refractivity contribution in [1.29, 1.82) is 0 Å². The number of rotatable bonds is 9. The molecule has 1 aliphatic rings. The zero-order chi connectivity index (χ0) is 25.1. The number of aryl methyl sites for hydroxylation is 2. The Morgan fingerprint density at radius 1 is 1.17 bits per heavy atom. The molecule has 0 bridgehead atoms. The second kappa shape index (κ2) is 10.8. The van der Waals surface area contributed by atoms with Crippen LogP contribution in [-0.2, 0) is 13.1 Å². The SMILES string of the molecule is CCC[C@@H](c1nnnn1Cc1ccco1)N(Cc1cc2cc(C)c(C)cc2[nH]c1=O)C1CCCCC1. The second-order valence-electron chi connectivity index (χ2n) is 10.2. The molecule has 1 atom stereocenters. The van der Waals surface area contributed by atoms with Gasteiger partial charge in [0, 0.05) is 23.7 Å². The van der Waals surface area contributed by atoms with Crippen molar-refractivity contribution in [2.75, 3.05) is 0 Å². The van der Waals surface area contributed by atoms with Crippen LogP contribution in [0.1, 0.15) is 86.2 Å². The van der Waals surface area contributed by atoms with E-state index in [0.717, 1.165) is 53.7 Å². The van der Waals surface area contributed by atoms with E-state index in [4.69, 9.17) is 4.42 Å². The van der Waals surface area contributed by atoms with Gasteiger partial charge >= 0.3 is 0 Å². The average molecular weight is 489 g/mol. The standard InChI is InChI=1S/C28H36N6O2/c1-4-9-26(27-30-31-32-34(27)18-24-12-8-13-36-24)33(23-10-6-5-7-11-23)17-22-16-21-14-19(2)20(3)15-25(21)29-28(22)35/h8,12-16,23,26H,4-7,9-11,17-18H2,1-3H3,(H,29,35)/t26-/m0/s1. The van der Waals surface area contributed by atoms with E-state index < -0.39 is 0 Å². The predicted octanol–water partition coefficient (Wildman–Crippen LogP) is 5.45. The fraction of sp³-hybridized carbons (Fsp3) is 0.500. The molecule has 0 saturated heterocycles. The van der Waals surface area contributed by atoms with Gasteiger partial charge in [-0.25, -0.2) is 4.68 Å².